The minimum absolute atomic E-state index is 0.0665. The monoisotopic (exact) mass is 331 g/mol. The van der Waals surface area contributed by atoms with Crippen LogP contribution in [0.1, 0.15) is 37.4 Å². The molecule has 0 bridgehead atoms. The molecule has 1 aliphatic rings. The Morgan fingerprint density at radius 3 is 2.08 bits per heavy atom. The fourth-order valence-corrected chi connectivity index (χ4v) is 3.03. The summed E-state index contributed by atoms with van der Waals surface area (Å²) in [6, 6.07) is 16.6. The molecule has 5 heteroatoms. The number of hydrazine groups is 1. The van der Waals surface area contributed by atoms with Gasteiger partial charge in [0.15, 0.2) is 5.78 Å². The molecule has 3 aromatic rings. The van der Waals surface area contributed by atoms with Crippen LogP contribution in [0.15, 0.2) is 67.0 Å². The summed E-state index contributed by atoms with van der Waals surface area (Å²) in [7, 11) is 0. The molecule has 0 saturated heterocycles. The molecule has 0 unspecified atom stereocenters. The fourth-order valence-electron chi connectivity index (χ4n) is 3.03. The number of carbonyl (C=O) groups is 2. The Bertz CT molecular complexity index is 889. The number of aromatic amines is 1. The second kappa shape index (κ2) is 6.37. The summed E-state index contributed by atoms with van der Waals surface area (Å²) in [5.41, 5.74) is 7.08. The van der Waals surface area contributed by atoms with Gasteiger partial charge < -0.3 is 4.98 Å². The second-order valence-corrected chi connectivity index (χ2v) is 6.07. The van der Waals surface area contributed by atoms with E-state index < -0.39 is 0 Å². The van der Waals surface area contributed by atoms with E-state index in [0.29, 0.717) is 29.8 Å². The van der Waals surface area contributed by atoms with Crippen LogP contribution in [0, 0.1) is 0 Å². The molecule has 0 atom stereocenters. The van der Waals surface area contributed by atoms with Gasteiger partial charge in [-0.2, -0.15) is 0 Å². The van der Waals surface area contributed by atoms with Crippen molar-refractivity contribution < 1.29 is 9.59 Å². The number of fused-ring (bicyclic) bond motifs is 1. The van der Waals surface area contributed by atoms with E-state index in [1.807, 2.05) is 17.1 Å². The third kappa shape index (κ3) is 3.09. The molecule has 2 aromatic carbocycles. The highest BCUT2D eigenvalue weighted by Gasteiger charge is 2.20. The number of hydrogen-bond donors (Lipinski definition) is 2. The van der Waals surface area contributed by atoms with Gasteiger partial charge in [0.2, 0.25) is 0 Å². The van der Waals surface area contributed by atoms with Crippen molar-refractivity contribution in [2.45, 2.75) is 13.1 Å². The number of carbonyl (C=O) groups excluding carboxylic acids is 2. The Balaban J connectivity index is 1.42. The van der Waals surface area contributed by atoms with Gasteiger partial charge in [0, 0.05) is 42.2 Å². The van der Waals surface area contributed by atoms with E-state index in [-0.39, 0.29) is 11.7 Å². The average Bonchev–Trinajstić information content (AvgIpc) is 3.30. The number of ketones is 1. The minimum Gasteiger partial charge on any atom is -0.367 e. The highest BCUT2D eigenvalue weighted by molar-refractivity contribution is 6.09. The van der Waals surface area contributed by atoms with Crippen LogP contribution in [0.2, 0.25) is 0 Å². The lowest BCUT2D eigenvalue weighted by molar-refractivity contribution is 0.0784. The SMILES string of the molecule is O=C(NN1Cc2ccccc2C1)c1ccc(C(=O)c2cc[nH]c2)cc1. The van der Waals surface area contributed by atoms with E-state index in [9.17, 15) is 9.59 Å². The number of hydrogen-bond acceptors (Lipinski definition) is 3. The van der Waals surface area contributed by atoms with Crippen LogP contribution in [0.3, 0.4) is 0 Å². The maximum absolute atomic E-state index is 12.4. The molecule has 0 radical (unpaired) electrons. The Kier molecular flexibility index (Phi) is 3.91. The van der Waals surface area contributed by atoms with E-state index in [0.717, 1.165) is 0 Å². The second-order valence-electron chi connectivity index (χ2n) is 6.07. The van der Waals surface area contributed by atoms with Crippen LogP contribution in [-0.4, -0.2) is 21.7 Å². The molecule has 4 rings (SSSR count). The van der Waals surface area contributed by atoms with Crippen molar-refractivity contribution in [1.82, 2.24) is 15.4 Å². The lowest BCUT2D eigenvalue weighted by Crippen LogP contribution is -2.38. The van der Waals surface area contributed by atoms with E-state index in [4.69, 9.17) is 0 Å². The molecule has 1 amide bonds. The molecule has 124 valence electrons. The quantitative estimate of drug-likeness (QED) is 0.723. The van der Waals surface area contributed by atoms with Gasteiger partial charge in [0.05, 0.1) is 0 Å². The summed E-state index contributed by atoms with van der Waals surface area (Å²) in [6.45, 7) is 1.40. The summed E-state index contributed by atoms with van der Waals surface area (Å²) >= 11 is 0. The first-order chi connectivity index (χ1) is 12.2. The maximum atomic E-state index is 12.4. The van der Waals surface area contributed by atoms with Crippen LogP contribution in [0.4, 0.5) is 0 Å². The number of amides is 1. The smallest absolute Gasteiger partial charge is 0.265 e. The molecule has 0 saturated carbocycles. The lowest BCUT2D eigenvalue weighted by atomic mass is 10.0. The summed E-state index contributed by atoms with van der Waals surface area (Å²) in [5.74, 6) is -0.239. The molecule has 5 nitrogen and oxygen atoms in total. The molecular weight excluding hydrogens is 314 g/mol. The number of nitrogens with one attached hydrogen (secondary N) is 2. The largest absolute Gasteiger partial charge is 0.367 e. The van der Waals surface area contributed by atoms with Gasteiger partial charge >= 0.3 is 0 Å². The van der Waals surface area contributed by atoms with Crippen molar-refractivity contribution >= 4 is 11.7 Å². The molecular formula is C20H17N3O2. The van der Waals surface area contributed by atoms with Crippen molar-refractivity contribution in [2.75, 3.05) is 0 Å². The molecule has 1 aliphatic heterocycles. The van der Waals surface area contributed by atoms with E-state index >= 15 is 0 Å². The third-order valence-corrected chi connectivity index (χ3v) is 4.37. The van der Waals surface area contributed by atoms with Gasteiger partial charge in [-0.15, -0.1) is 0 Å². The molecule has 1 aromatic heterocycles. The number of aromatic nitrogens is 1. The topological polar surface area (TPSA) is 65.2 Å². The normalized spacial score (nSPS) is 13.4. The van der Waals surface area contributed by atoms with Crippen LogP contribution < -0.4 is 5.43 Å². The number of H-pyrrole nitrogens is 1. The van der Waals surface area contributed by atoms with Gasteiger partial charge in [-0.05, 0) is 29.3 Å². The first-order valence-corrected chi connectivity index (χ1v) is 8.11. The zero-order valence-electron chi connectivity index (χ0n) is 13.5. The maximum Gasteiger partial charge on any atom is 0.265 e. The Hall–Kier alpha value is -3.18. The molecule has 2 N–H and O–H groups in total. The Labute approximate surface area is 145 Å². The Morgan fingerprint density at radius 1 is 0.840 bits per heavy atom. The van der Waals surface area contributed by atoms with Crippen molar-refractivity contribution in [3.8, 4) is 0 Å². The van der Waals surface area contributed by atoms with E-state index in [1.165, 1.54) is 11.1 Å². The molecule has 0 spiro atoms. The summed E-state index contributed by atoms with van der Waals surface area (Å²) < 4.78 is 0. The fraction of sp³-hybridized carbons (Fsp3) is 0.100. The van der Waals surface area contributed by atoms with Gasteiger partial charge in [0.25, 0.3) is 5.91 Å². The van der Waals surface area contributed by atoms with Crippen LogP contribution in [-0.2, 0) is 13.1 Å². The predicted molar refractivity (Wildman–Crippen MR) is 93.8 cm³/mol. The van der Waals surface area contributed by atoms with Crippen molar-refractivity contribution in [1.29, 1.82) is 0 Å². The standard InChI is InChI=1S/C20H17N3O2/c24-19(16-9-10-21-11-16)14-5-7-15(8-6-14)20(25)22-23-12-17-3-1-2-4-18(17)13-23/h1-11,21H,12-13H2,(H,22,25). The number of nitrogens with zero attached hydrogens (tertiary/aromatic N) is 1. The first kappa shape index (κ1) is 15.4. The summed E-state index contributed by atoms with van der Waals surface area (Å²) in [5, 5.41) is 1.89. The van der Waals surface area contributed by atoms with Gasteiger partial charge in [0.1, 0.15) is 0 Å². The summed E-state index contributed by atoms with van der Waals surface area (Å²) in [6.07, 6.45) is 3.37. The zero-order valence-corrected chi connectivity index (χ0v) is 13.5. The predicted octanol–water partition coefficient (Wildman–Crippen LogP) is 2.91. The number of benzene rings is 2. The van der Waals surface area contributed by atoms with Gasteiger partial charge in [-0.1, -0.05) is 36.4 Å². The van der Waals surface area contributed by atoms with Crippen LogP contribution >= 0.6 is 0 Å². The Morgan fingerprint density at radius 2 is 1.48 bits per heavy atom. The van der Waals surface area contributed by atoms with Gasteiger partial charge in [-0.3, -0.25) is 15.0 Å². The van der Waals surface area contributed by atoms with Crippen molar-refractivity contribution in [3.63, 3.8) is 0 Å². The van der Waals surface area contributed by atoms with Gasteiger partial charge in [-0.25, -0.2) is 5.01 Å². The first-order valence-electron chi connectivity index (χ1n) is 8.11. The third-order valence-electron chi connectivity index (χ3n) is 4.37. The van der Waals surface area contributed by atoms with Crippen LogP contribution in [0.5, 0.6) is 0 Å². The van der Waals surface area contributed by atoms with E-state index in [1.54, 1.807) is 42.7 Å². The molecule has 0 aliphatic carbocycles. The van der Waals surface area contributed by atoms with Crippen LogP contribution in [0.25, 0.3) is 0 Å². The van der Waals surface area contributed by atoms with Crippen molar-refractivity contribution in [2.24, 2.45) is 0 Å². The average molecular weight is 331 g/mol. The molecule has 0 fully saturated rings. The summed E-state index contributed by atoms with van der Waals surface area (Å²) in [4.78, 5) is 27.6. The highest BCUT2D eigenvalue weighted by atomic mass is 16.2. The van der Waals surface area contributed by atoms with Crippen molar-refractivity contribution in [3.05, 3.63) is 94.8 Å². The highest BCUT2D eigenvalue weighted by Crippen LogP contribution is 2.20. The minimum atomic E-state index is -0.173. The molecule has 25 heavy (non-hydrogen) atoms. The molecule has 2 heterocycles. The lowest BCUT2D eigenvalue weighted by Gasteiger charge is -2.16. The zero-order chi connectivity index (χ0) is 17.2. The van der Waals surface area contributed by atoms with E-state index in [2.05, 4.69) is 22.5 Å². The number of rotatable bonds is 4.